The van der Waals surface area contributed by atoms with Crippen molar-refractivity contribution in [2.24, 2.45) is 0 Å². The second kappa shape index (κ2) is 6.40. The van der Waals surface area contributed by atoms with E-state index in [4.69, 9.17) is 15.2 Å². The average Bonchev–Trinajstić information content (AvgIpc) is 2.26. The van der Waals surface area contributed by atoms with Crippen LogP contribution >= 0.6 is 0 Å². The molecule has 0 aliphatic rings. The van der Waals surface area contributed by atoms with Crippen LogP contribution in [0.1, 0.15) is 26.3 Å². The highest BCUT2D eigenvalue weighted by Gasteiger charge is 2.10. The first-order valence-corrected chi connectivity index (χ1v) is 6.01. The predicted molar refractivity (Wildman–Crippen MR) is 71.2 cm³/mol. The lowest BCUT2D eigenvalue weighted by Gasteiger charge is -2.19. The summed E-state index contributed by atoms with van der Waals surface area (Å²) in [5, 5.41) is 0. The van der Waals surface area contributed by atoms with Gasteiger partial charge in [0.05, 0.1) is 18.6 Å². The van der Waals surface area contributed by atoms with E-state index in [9.17, 15) is 4.79 Å². The number of nitrogen functional groups attached to an aromatic ring is 1. The highest BCUT2D eigenvalue weighted by Crippen LogP contribution is 2.08. The van der Waals surface area contributed by atoms with E-state index in [0.717, 1.165) is 5.56 Å². The minimum Gasteiger partial charge on any atom is -0.463 e. The van der Waals surface area contributed by atoms with Gasteiger partial charge in [-0.2, -0.15) is 0 Å². The van der Waals surface area contributed by atoms with E-state index in [1.54, 1.807) is 12.1 Å². The van der Waals surface area contributed by atoms with Crippen molar-refractivity contribution in [2.45, 2.75) is 32.8 Å². The van der Waals surface area contributed by atoms with Crippen LogP contribution in [0.15, 0.2) is 24.3 Å². The molecule has 0 atom stereocenters. The fourth-order valence-corrected chi connectivity index (χ4v) is 1.36. The van der Waals surface area contributed by atoms with Crippen molar-refractivity contribution < 1.29 is 14.3 Å². The largest absolute Gasteiger partial charge is 0.463 e. The molecule has 1 aromatic carbocycles. The van der Waals surface area contributed by atoms with Gasteiger partial charge >= 0.3 is 5.97 Å². The van der Waals surface area contributed by atoms with Gasteiger partial charge in [0.1, 0.15) is 6.61 Å². The number of rotatable bonds is 5. The smallest absolute Gasteiger partial charge is 0.310 e. The van der Waals surface area contributed by atoms with Crippen LogP contribution in [0.4, 0.5) is 5.69 Å². The van der Waals surface area contributed by atoms with E-state index < -0.39 is 0 Å². The fourth-order valence-electron chi connectivity index (χ4n) is 1.36. The van der Waals surface area contributed by atoms with E-state index >= 15 is 0 Å². The Labute approximate surface area is 108 Å². The molecule has 0 heterocycles. The van der Waals surface area contributed by atoms with Crippen molar-refractivity contribution >= 4 is 11.7 Å². The molecule has 0 amide bonds. The third-order valence-corrected chi connectivity index (χ3v) is 2.21. The molecule has 18 heavy (non-hydrogen) atoms. The van der Waals surface area contributed by atoms with Crippen molar-refractivity contribution in [1.82, 2.24) is 0 Å². The van der Waals surface area contributed by atoms with Crippen LogP contribution in [0.2, 0.25) is 0 Å². The predicted octanol–water partition coefficient (Wildman–Crippen LogP) is 2.17. The van der Waals surface area contributed by atoms with Crippen molar-refractivity contribution in [2.75, 3.05) is 18.9 Å². The Morgan fingerprint density at radius 1 is 1.17 bits per heavy atom. The Bertz CT molecular complexity index is 379. The standard InChI is InChI=1S/C14H21NO3/c1-14(2,3)18-9-8-17-13(16)10-11-4-6-12(15)7-5-11/h4-7H,8-10,15H2,1-3H3. The minimum absolute atomic E-state index is 0.205. The van der Waals surface area contributed by atoms with Crippen LogP contribution in [-0.2, 0) is 20.7 Å². The maximum Gasteiger partial charge on any atom is 0.310 e. The van der Waals surface area contributed by atoms with Gasteiger partial charge in [0.2, 0.25) is 0 Å². The molecule has 0 unspecified atom stereocenters. The number of carbonyl (C=O) groups excluding carboxylic acids is 1. The molecule has 4 nitrogen and oxygen atoms in total. The summed E-state index contributed by atoms with van der Waals surface area (Å²) in [4.78, 5) is 11.5. The zero-order chi connectivity index (χ0) is 13.6. The van der Waals surface area contributed by atoms with Gasteiger partial charge < -0.3 is 15.2 Å². The lowest BCUT2D eigenvalue weighted by Crippen LogP contribution is -2.23. The number of ether oxygens (including phenoxy) is 2. The summed E-state index contributed by atoms with van der Waals surface area (Å²) >= 11 is 0. The lowest BCUT2D eigenvalue weighted by molar-refractivity contribution is -0.146. The molecule has 4 heteroatoms. The maximum atomic E-state index is 11.5. The van der Waals surface area contributed by atoms with Crippen LogP contribution in [0.5, 0.6) is 0 Å². The Morgan fingerprint density at radius 3 is 2.33 bits per heavy atom. The van der Waals surface area contributed by atoms with Crippen LogP contribution in [0, 0.1) is 0 Å². The third kappa shape index (κ3) is 6.25. The highest BCUT2D eigenvalue weighted by molar-refractivity contribution is 5.72. The van der Waals surface area contributed by atoms with Crippen LogP contribution in [-0.4, -0.2) is 24.8 Å². The third-order valence-electron chi connectivity index (χ3n) is 2.21. The van der Waals surface area contributed by atoms with Gasteiger partial charge in [-0.05, 0) is 38.5 Å². The molecular formula is C14H21NO3. The Morgan fingerprint density at radius 2 is 1.78 bits per heavy atom. The SMILES string of the molecule is CC(C)(C)OCCOC(=O)Cc1ccc(N)cc1. The van der Waals surface area contributed by atoms with Gasteiger partial charge in [0.15, 0.2) is 0 Å². The molecule has 2 N–H and O–H groups in total. The normalized spacial score (nSPS) is 11.3. The molecule has 0 saturated carbocycles. The zero-order valence-electron chi connectivity index (χ0n) is 11.2. The van der Waals surface area contributed by atoms with Crippen molar-refractivity contribution in [3.8, 4) is 0 Å². The molecule has 0 aliphatic heterocycles. The first-order chi connectivity index (χ1) is 8.37. The summed E-state index contributed by atoms with van der Waals surface area (Å²) in [7, 11) is 0. The number of hydrogen-bond acceptors (Lipinski definition) is 4. The monoisotopic (exact) mass is 251 g/mol. The zero-order valence-corrected chi connectivity index (χ0v) is 11.2. The van der Waals surface area contributed by atoms with Gasteiger partial charge in [-0.1, -0.05) is 12.1 Å². The lowest BCUT2D eigenvalue weighted by atomic mass is 10.1. The number of esters is 1. The Kier molecular flexibility index (Phi) is 5.16. The minimum atomic E-state index is -0.253. The van der Waals surface area contributed by atoms with Gasteiger partial charge in [-0.25, -0.2) is 0 Å². The molecule has 100 valence electrons. The van der Waals surface area contributed by atoms with E-state index in [2.05, 4.69) is 0 Å². The molecule has 0 fully saturated rings. The molecule has 0 spiro atoms. The number of benzene rings is 1. The van der Waals surface area contributed by atoms with E-state index in [-0.39, 0.29) is 24.6 Å². The van der Waals surface area contributed by atoms with Gasteiger partial charge in [0.25, 0.3) is 0 Å². The van der Waals surface area contributed by atoms with E-state index in [1.807, 2.05) is 32.9 Å². The molecule has 0 radical (unpaired) electrons. The topological polar surface area (TPSA) is 61.5 Å². The summed E-state index contributed by atoms with van der Waals surface area (Å²) in [6.45, 7) is 6.58. The second-order valence-corrected chi connectivity index (χ2v) is 5.10. The van der Waals surface area contributed by atoms with Gasteiger partial charge in [-0.15, -0.1) is 0 Å². The average molecular weight is 251 g/mol. The van der Waals surface area contributed by atoms with Gasteiger partial charge in [0, 0.05) is 5.69 Å². The van der Waals surface area contributed by atoms with Crippen molar-refractivity contribution in [3.05, 3.63) is 29.8 Å². The molecule has 0 bridgehead atoms. The Hall–Kier alpha value is -1.55. The molecule has 0 aliphatic carbocycles. The highest BCUT2D eigenvalue weighted by atomic mass is 16.6. The summed E-state index contributed by atoms with van der Waals surface area (Å²) in [6.07, 6.45) is 0.260. The number of nitrogens with two attached hydrogens (primary N) is 1. The first kappa shape index (κ1) is 14.5. The quantitative estimate of drug-likeness (QED) is 0.495. The Balaban J connectivity index is 2.24. The number of anilines is 1. The molecule has 1 rings (SSSR count). The number of carbonyl (C=O) groups is 1. The molecule has 0 saturated heterocycles. The van der Waals surface area contributed by atoms with Crippen LogP contribution < -0.4 is 5.73 Å². The van der Waals surface area contributed by atoms with Crippen LogP contribution in [0.25, 0.3) is 0 Å². The van der Waals surface area contributed by atoms with Gasteiger partial charge in [-0.3, -0.25) is 4.79 Å². The molecule has 0 aromatic heterocycles. The maximum absolute atomic E-state index is 11.5. The van der Waals surface area contributed by atoms with Crippen molar-refractivity contribution in [1.29, 1.82) is 0 Å². The molecular weight excluding hydrogens is 230 g/mol. The number of hydrogen-bond donors (Lipinski definition) is 1. The molecule has 1 aromatic rings. The summed E-state index contributed by atoms with van der Waals surface area (Å²) in [5.74, 6) is -0.253. The second-order valence-electron chi connectivity index (χ2n) is 5.10. The van der Waals surface area contributed by atoms with E-state index in [0.29, 0.717) is 12.3 Å². The fraction of sp³-hybridized carbons (Fsp3) is 0.500. The first-order valence-electron chi connectivity index (χ1n) is 6.01. The summed E-state index contributed by atoms with van der Waals surface area (Å²) in [5.41, 5.74) is 6.94. The summed E-state index contributed by atoms with van der Waals surface area (Å²) in [6, 6.07) is 7.18. The van der Waals surface area contributed by atoms with Crippen LogP contribution in [0.3, 0.4) is 0 Å². The summed E-state index contributed by atoms with van der Waals surface area (Å²) < 4.78 is 10.5. The van der Waals surface area contributed by atoms with Crippen molar-refractivity contribution in [3.63, 3.8) is 0 Å². The van der Waals surface area contributed by atoms with E-state index in [1.165, 1.54) is 0 Å².